The summed E-state index contributed by atoms with van der Waals surface area (Å²) in [6.07, 6.45) is 0.0237. The lowest BCUT2D eigenvalue weighted by molar-refractivity contribution is -0.137. The topological polar surface area (TPSA) is 72.5 Å². The molecule has 4 nitrogen and oxygen atoms in total. The van der Waals surface area contributed by atoms with Crippen molar-refractivity contribution in [1.29, 1.82) is 0 Å². The summed E-state index contributed by atoms with van der Waals surface area (Å²) < 4.78 is 5.24. The molecule has 0 spiro atoms. The van der Waals surface area contributed by atoms with Crippen LogP contribution in [0.1, 0.15) is 23.5 Å². The van der Waals surface area contributed by atoms with Crippen molar-refractivity contribution in [2.75, 3.05) is 13.7 Å². The van der Waals surface area contributed by atoms with Gasteiger partial charge in [-0.2, -0.15) is 0 Å². The third kappa shape index (κ3) is 2.97. The molecule has 3 N–H and O–H groups in total. The highest BCUT2D eigenvalue weighted by molar-refractivity contribution is 5.68. The van der Waals surface area contributed by atoms with Crippen LogP contribution in [-0.2, 0) is 4.79 Å². The van der Waals surface area contributed by atoms with E-state index in [4.69, 9.17) is 15.6 Å². The van der Waals surface area contributed by atoms with Crippen molar-refractivity contribution in [3.8, 4) is 5.75 Å². The minimum Gasteiger partial charge on any atom is -0.496 e. The monoisotopic (exact) mass is 223 g/mol. The lowest BCUT2D eigenvalue weighted by Crippen LogP contribution is -2.17. The van der Waals surface area contributed by atoms with E-state index in [1.54, 1.807) is 7.11 Å². The first-order valence-corrected chi connectivity index (χ1v) is 5.15. The van der Waals surface area contributed by atoms with E-state index in [2.05, 4.69) is 0 Å². The van der Waals surface area contributed by atoms with Crippen LogP contribution < -0.4 is 10.5 Å². The molecule has 16 heavy (non-hydrogen) atoms. The van der Waals surface area contributed by atoms with E-state index in [1.807, 2.05) is 25.1 Å². The Kier molecular flexibility index (Phi) is 4.31. The zero-order chi connectivity index (χ0) is 12.1. The summed E-state index contributed by atoms with van der Waals surface area (Å²) in [7, 11) is 1.58. The van der Waals surface area contributed by atoms with Gasteiger partial charge in [0.05, 0.1) is 13.5 Å². The van der Waals surface area contributed by atoms with Crippen LogP contribution in [0.5, 0.6) is 5.75 Å². The maximum atomic E-state index is 10.7. The van der Waals surface area contributed by atoms with Gasteiger partial charge in [0.15, 0.2) is 0 Å². The zero-order valence-electron chi connectivity index (χ0n) is 9.56. The molecule has 0 bridgehead atoms. The Balaban J connectivity index is 3.03. The molecular formula is C12H17NO3. The summed E-state index contributed by atoms with van der Waals surface area (Å²) in [4.78, 5) is 10.7. The second-order valence-electron chi connectivity index (χ2n) is 3.78. The van der Waals surface area contributed by atoms with E-state index in [0.29, 0.717) is 12.3 Å². The molecule has 4 heteroatoms. The first-order valence-electron chi connectivity index (χ1n) is 5.15. The Bertz CT molecular complexity index is 377. The van der Waals surface area contributed by atoms with Crippen LogP contribution in [0.2, 0.25) is 0 Å². The molecule has 0 saturated carbocycles. The van der Waals surface area contributed by atoms with Crippen LogP contribution >= 0.6 is 0 Å². The highest BCUT2D eigenvalue weighted by Crippen LogP contribution is 2.29. The normalized spacial score (nSPS) is 12.2. The fourth-order valence-electron chi connectivity index (χ4n) is 1.69. The molecule has 0 radical (unpaired) electrons. The van der Waals surface area contributed by atoms with Crippen molar-refractivity contribution in [1.82, 2.24) is 0 Å². The minimum absolute atomic E-state index is 0.0237. The standard InChI is InChI=1S/C12H17NO3/c1-8-3-4-10(11(5-8)16-2)9(7-13)6-12(14)15/h3-5,9H,6-7,13H2,1-2H3,(H,14,15). The minimum atomic E-state index is -0.849. The quantitative estimate of drug-likeness (QED) is 0.793. The first-order chi connectivity index (χ1) is 7.58. The Labute approximate surface area is 95.0 Å². The molecule has 1 aromatic carbocycles. The summed E-state index contributed by atoms with van der Waals surface area (Å²) in [6, 6.07) is 5.71. The molecule has 0 saturated heterocycles. The van der Waals surface area contributed by atoms with E-state index < -0.39 is 5.97 Å². The molecule has 88 valence electrons. The van der Waals surface area contributed by atoms with Gasteiger partial charge in [0.25, 0.3) is 0 Å². The Morgan fingerprint density at radius 1 is 1.56 bits per heavy atom. The second kappa shape index (κ2) is 5.51. The molecule has 1 atom stereocenters. The lowest BCUT2D eigenvalue weighted by Gasteiger charge is -2.16. The van der Waals surface area contributed by atoms with Crippen molar-refractivity contribution < 1.29 is 14.6 Å². The number of hydrogen-bond acceptors (Lipinski definition) is 3. The Hall–Kier alpha value is -1.55. The number of carbonyl (C=O) groups is 1. The summed E-state index contributed by atoms with van der Waals surface area (Å²) in [6.45, 7) is 2.26. The SMILES string of the molecule is COc1cc(C)ccc1C(CN)CC(=O)O. The van der Waals surface area contributed by atoms with Crippen LogP contribution in [0.15, 0.2) is 18.2 Å². The summed E-state index contributed by atoms with van der Waals surface area (Å²) in [5, 5.41) is 8.80. The molecule has 0 amide bonds. The third-order valence-corrected chi connectivity index (χ3v) is 2.53. The summed E-state index contributed by atoms with van der Waals surface area (Å²) >= 11 is 0. The number of rotatable bonds is 5. The Morgan fingerprint density at radius 2 is 2.25 bits per heavy atom. The van der Waals surface area contributed by atoms with Gasteiger partial charge in [0, 0.05) is 5.92 Å². The number of aliphatic carboxylic acids is 1. The van der Waals surface area contributed by atoms with Crippen molar-refractivity contribution >= 4 is 5.97 Å². The number of hydrogen-bond donors (Lipinski definition) is 2. The summed E-state index contributed by atoms with van der Waals surface area (Å²) in [5.74, 6) is -0.345. The molecule has 1 aromatic rings. The fraction of sp³-hybridized carbons (Fsp3) is 0.417. The predicted molar refractivity (Wildman–Crippen MR) is 61.8 cm³/mol. The van der Waals surface area contributed by atoms with Crippen LogP contribution in [0.25, 0.3) is 0 Å². The van der Waals surface area contributed by atoms with Gasteiger partial charge in [0.2, 0.25) is 0 Å². The molecule has 0 fully saturated rings. The third-order valence-electron chi connectivity index (χ3n) is 2.53. The van der Waals surface area contributed by atoms with Gasteiger partial charge in [-0.3, -0.25) is 4.79 Å². The number of carboxylic acids is 1. The molecule has 0 heterocycles. The van der Waals surface area contributed by atoms with E-state index in [0.717, 1.165) is 11.1 Å². The molecule has 0 aliphatic rings. The second-order valence-corrected chi connectivity index (χ2v) is 3.78. The highest BCUT2D eigenvalue weighted by Gasteiger charge is 2.17. The zero-order valence-corrected chi connectivity index (χ0v) is 9.56. The van der Waals surface area contributed by atoms with Crippen molar-refractivity contribution in [2.45, 2.75) is 19.3 Å². The molecule has 1 rings (SSSR count). The van der Waals surface area contributed by atoms with Gasteiger partial charge < -0.3 is 15.6 Å². The van der Waals surface area contributed by atoms with Gasteiger partial charge in [-0.1, -0.05) is 12.1 Å². The van der Waals surface area contributed by atoms with Gasteiger partial charge >= 0.3 is 5.97 Å². The van der Waals surface area contributed by atoms with Crippen molar-refractivity contribution in [3.63, 3.8) is 0 Å². The average molecular weight is 223 g/mol. The van der Waals surface area contributed by atoms with Crippen LogP contribution in [0.4, 0.5) is 0 Å². The average Bonchev–Trinajstić information content (AvgIpc) is 2.25. The Morgan fingerprint density at radius 3 is 2.75 bits per heavy atom. The summed E-state index contributed by atoms with van der Waals surface area (Å²) in [5.41, 5.74) is 7.53. The fourth-order valence-corrected chi connectivity index (χ4v) is 1.69. The number of aryl methyl sites for hydroxylation is 1. The molecule has 0 aromatic heterocycles. The van der Waals surface area contributed by atoms with E-state index >= 15 is 0 Å². The number of methoxy groups -OCH3 is 1. The molecule has 1 unspecified atom stereocenters. The largest absolute Gasteiger partial charge is 0.496 e. The van der Waals surface area contributed by atoms with Gasteiger partial charge in [-0.05, 0) is 30.7 Å². The number of ether oxygens (including phenoxy) is 1. The van der Waals surface area contributed by atoms with Crippen LogP contribution in [0, 0.1) is 6.92 Å². The lowest BCUT2D eigenvalue weighted by atomic mass is 9.94. The first kappa shape index (κ1) is 12.5. The molecular weight excluding hydrogens is 206 g/mol. The maximum absolute atomic E-state index is 10.7. The van der Waals surface area contributed by atoms with E-state index in [-0.39, 0.29) is 12.3 Å². The molecule has 0 aliphatic carbocycles. The number of nitrogens with two attached hydrogens (primary N) is 1. The van der Waals surface area contributed by atoms with Gasteiger partial charge in [-0.15, -0.1) is 0 Å². The van der Waals surface area contributed by atoms with Crippen LogP contribution in [0.3, 0.4) is 0 Å². The van der Waals surface area contributed by atoms with Crippen LogP contribution in [-0.4, -0.2) is 24.7 Å². The number of benzene rings is 1. The predicted octanol–water partition coefficient (Wildman–Crippen LogP) is 1.52. The van der Waals surface area contributed by atoms with E-state index in [1.165, 1.54) is 0 Å². The van der Waals surface area contributed by atoms with Gasteiger partial charge in [-0.25, -0.2) is 0 Å². The molecule has 0 aliphatic heterocycles. The van der Waals surface area contributed by atoms with Crippen molar-refractivity contribution in [3.05, 3.63) is 29.3 Å². The van der Waals surface area contributed by atoms with Gasteiger partial charge in [0.1, 0.15) is 5.75 Å². The smallest absolute Gasteiger partial charge is 0.304 e. The van der Waals surface area contributed by atoms with E-state index in [9.17, 15) is 4.79 Å². The maximum Gasteiger partial charge on any atom is 0.304 e. The number of carboxylic acid groups (broad SMARTS) is 1. The highest BCUT2D eigenvalue weighted by atomic mass is 16.5. The van der Waals surface area contributed by atoms with Crippen molar-refractivity contribution in [2.24, 2.45) is 5.73 Å².